The molecule has 0 heterocycles. The van der Waals surface area contributed by atoms with E-state index in [-0.39, 0.29) is 0 Å². The molecule has 0 atom stereocenters. The predicted molar refractivity (Wildman–Crippen MR) is 118 cm³/mol. The number of hydrogen-bond donors (Lipinski definition) is 10. The first-order chi connectivity index (χ1) is 15.8. The number of carbonyl (C=O) groups is 8. The molecule has 0 amide bonds. The first kappa shape index (κ1) is 53.2. The normalized spacial score (nSPS) is 7.06. The molecule has 0 aliphatic rings. The van der Waals surface area contributed by atoms with Gasteiger partial charge in [0.05, 0.1) is 13.2 Å². The third-order valence-corrected chi connectivity index (χ3v) is 0.790. The predicted octanol–water partition coefficient (Wildman–Crippen LogP) is -0.692. The summed E-state index contributed by atoms with van der Waals surface area (Å²) in [6, 6.07) is 0. The Bertz CT molecular complexity index is 461. The minimum absolute atomic E-state index is 0.508. The van der Waals surface area contributed by atoms with Gasteiger partial charge in [-0.25, -0.2) is 0 Å². The van der Waals surface area contributed by atoms with Crippen molar-refractivity contribution >= 4 is 47.8 Å². The monoisotopic (exact) mass is 540 g/mol. The van der Waals surface area contributed by atoms with E-state index < -0.39 is 66.9 Å². The highest BCUT2D eigenvalue weighted by Crippen LogP contribution is 1.90. The molecule has 0 aromatic heterocycles. The Hall–Kier alpha value is -4.32. The minimum atomic E-state index is -1.17. The molecule has 0 aliphatic heterocycles. The molecule has 0 aromatic rings. The Balaban J connectivity index is -0.0000000423. The van der Waals surface area contributed by atoms with Gasteiger partial charge in [0.25, 0.3) is 41.8 Å². The zero-order valence-electron chi connectivity index (χ0n) is 20.7. The van der Waals surface area contributed by atoms with Crippen molar-refractivity contribution in [3.05, 3.63) is 0 Å². The summed E-state index contributed by atoms with van der Waals surface area (Å²) in [5, 5.41) is 76.3. The average Bonchev–Trinajstić information content (AvgIpc) is 2.51. The van der Waals surface area contributed by atoms with E-state index in [1.54, 1.807) is 0 Å². The summed E-state index contributed by atoms with van der Waals surface area (Å²) in [5.74, 6) is -8.02. The van der Waals surface area contributed by atoms with Crippen LogP contribution in [0.3, 0.4) is 0 Å². The zero-order valence-corrected chi connectivity index (χ0v) is 20.7. The van der Waals surface area contributed by atoms with Crippen molar-refractivity contribution in [3.8, 4) is 0 Å². The molecule has 0 aliphatic carbocycles. The van der Waals surface area contributed by atoms with Crippen LogP contribution < -0.4 is 0 Å². The van der Waals surface area contributed by atoms with Gasteiger partial charge in [0.15, 0.2) is 0 Å². The van der Waals surface area contributed by atoms with E-state index >= 15 is 0 Å². The number of carboxylic acid groups (broad SMARTS) is 8. The summed E-state index contributed by atoms with van der Waals surface area (Å²) < 4.78 is 0. The van der Waals surface area contributed by atoms with Gasteiger partial charge in [0.1, 0.15) is 5.92 Å². The maximum absolute atomic E-state index is 9.84. The lowest BCUT2D eigenvalue weighted by molar-refractivity contribution is -0.145. The summed E-state index contributed by atoms with van der Waals surface area (Å²) >= 11 is 0. The zero-order chi connectivity index (χ0) is 31.6. The lowest BCUT2D eigenvalue weighted by atomic mass is 10.2. The quantitative estimate of drug-likeness (QED) is 0.211. The third kappa shape index (κ3) is 1800. The Morgan fingerprint density at radius 2 is 0.472 bits per heavy atom. The van der Waals surface area contributed by atoms with E-state index in [2.05, 4.69) is 0 Å². The maximum Gasteiger partial charge on any atom is 0.311 e. The molecule has 0 radical (unpaired) electrons. The van der Waals surface area contributed by atoms with Gasteiger partial charge in [0, 0.05) is 48.5 Å². The number of aliphatic hydroxyl groups excluding tert-OH is 2. The number of aliphatic hydroxyl groups is 2. The Morgan fingerprint density at radius 1 is 0.389 bits per heavy atom. The second-order valence-electron chi connectivity index (χ2n) is 5.03. The van der Waals surface area contributed by atoms with Gasteiger partial charge in [0.2, 0.25) is 0 Å². The van der Waals surface area contributed by atoms with Crippen molar-refractivity contribution in [1.29, 1.82) is 0 Å². The van der Waals surface area contributed by atoms with Crippen molar-refractivity contribution in [3.63, 3.8) is 0 Å². The highest BCUT2D eigenvalue weighted by molar-refractivity contribution is 5.70. The van der Waals surface area contributed by atoms with Crippen LogP contribution in [-0.4, -0.2) is 112 Å². The summed E-state index contributed by atoms with van der Waals surface area (Å²) in [5.41, 5.74) is 0. The summed E-state index contributed by atoms with van der Waals surface area (Å²) in [7, 11) is 0. The largest absolute Gasteiger partial charge is 0.481 e. The highest BCUT2D eigenvalue weighted by atomic mass is 16.4. The Morgan fingerprint density at radius 3 is 0.472 bits per heavy atom. The van der Waals surface area contributed by atoms with Crippen LogP contribution in [0, 0.1) is 5.92 Å². The topological polar surface area (TPSA) is 339 Å². The number of carboxylic acids is 8. The van der Waals surface area contributed by atoms with E-state index in [0.29, 0.717) is 0 Å². The molecule has 0 aromatic carbocycles. The molecule has 0 bridgehead atoms. The van der Waals surface area contributed by atoms with Crippen molar-refractivity contribution < 1.29 is 89.4 Å². The number of hydrogen-bond acceptors (Lipinski definition) is 10. The molecular formula is C18H36O18. The van der Waals surface area contributed by atoms with Gasteiger partial charge in [-0.2, -0.15) is 0 Å². The smallest absolute Gasteiger partial charge is 0.311 e. The molecule has 18 nitrogen and oxygen atoms in total. The maximum atomic E-state index is 9.84. The molecule has 18 heteroatoms. The highest BCUT2D eigenvalue weighted by Gasteiger charge is 2.13. The van der Waals surface area contributed by atoms with E-state index in [9.17, 15) is 4.79 Å². The molecule has 36 heavy (non-hydrogen) atoms. The van der Waals surface area contributed by atoms with Gasteiger partial charge in [-0.15, -0.1) is 0 Å². The van der Waals surface area contributed by atoms with Crippen LogP contribution in [0.2, 0.25) is 0 Å². The summed E-state index contributed by atoms with van der Waals surface area (Å²) in [6.07, 6.45) is 0. The van der Waals surface area contributed by atoms with Gasteiger partial charge < -0.3 is 51.1 Å². The van der Waals surface area contributed by atoms with E-state index in [1.165, 1.54) is 0 Å². The van der Waals surface area contributed by atoms with Crippen molar-refractivity contribution in [2.24, 2.45) is 5.92 Å². The van der Waals surface area contributed by atoms with Crippen LogP contribution in [0.4, 0.5) is 0 Å². The first-order valence-electron chi connectivity index (χ1n) is 8.66. The lowest BCUT2D eigenvalue weighted by Gasteiger charge is -2.01. The second-order valence-corrected chi connectivity index (χ2v) is 5.03. The van der Waals surface area contributed by atoms with E-state index in [0.717, 1.165) is 48.5 Å². The van der Waals surface area contributed by atoms with E-state index in [4.69, 9.17) is 84.6 Å². The van der Waals surface area contributed by atoms with Crippen LogP contribution in [0.15, 0.2) is 0 Å². The van der Waals surface area contributed by atoms with Crippen molar-refractivity contribution in [1.82, 2.24) is 0 Å². The van der Waals surface area contributed by atoms with Crippen molar-refractivity contribution in [2.75, 3.05) is 13.2 Å². The van der Waals surface area contributed by atoms with Crippen LogP contribution in [0.5, 0.6) is 0 Å². The molecule has 216 valence electrons. The minimum Gasteiger partial charge on any atom is -0.481 e. The fourth-order valence-electron chi connectivity index (χ4n) is 0.214. The third-order valence-electron chi connectivity index (χ3n) is 0.790. The van der Waals surface area contributed by atoms with E-state index in [1.807, 2.05) is 0 Å². The standard InChI is InChI=1S/C4H8O4.7C2H4O2/c5-1-3(2-6)4(7)8;7*1-2(3)4/h3,5-6H,1-2H2,(H,7,8);7*1H3,(H,3,4). The van der Waals surface area contributed by atoms with Crippen LogP contribution >= 0.6 is 0 Å². The Kier molecular flexibility index (Phi) is 65.5. The fraction of sp³-hybridized carbons (Fsp3) is 0.556. The van der Waals surface area contributed by atoms with Gasteiger partial charge in [-0.3, -0.25) is 38.4 Å². The number of aliphatic carboxylic acids is 8. The molecule has 0 spiro atoms. The summed E-state index contributed by atoms with van der Waals surface area (Å²) in [4.78, 5) is 72.8. The summed E-state index contributed by atoms with van der Waals surface area (Å²) in [6.45, 7) is 6.57. The molecule has 0 saturated heterocycles. The molecule has 0 unspecified atom stereocenters. The van der Waals surface area contributed by atoms with Crippen molar-refractivity contribution in [2.45, 2.75) is 48.5 Å². The Labute approximate surface area is 205 Å². The van der Waals surface area contributed by atoms with Crippen LogP contribution in [-0.2, 0) is 38.4 Å². The van der Waals surface area contributed by atoms with Gasteiger partial charge in [-0.1, -0.05) is 0 Å². The van der Waals surface area contributed by atoms with Gasteiger partial charge >= 0.3 is 5.97 Å². The number of rotatable bonds is 3. The molecule has 0 saturated carbocycles. The van der Waals surface area contributed by atoms with Crippen LogP contribution in [0.25, 0.3) is 0 Å². The molecule has 0 fully saturated rings. The average molecular weight is 540 g/mol. The fourth-order valence-corrected chi connectivity index (χ4v) is 0.214. The molecule has 0 rings (SSSR count). The van der Waals surface area contributed by atoms with Gasteiger partial charge in [-0.05, 0) is 0 Å². The lowest BCUT2D eigenvalue weighted by Crippen LogP contribution is -2.21. The van der Waals surface area contributed by atoms with Crippen LogP contribution in [0.1, 0.15) is 48.5 Å². The SMILES string of the molecule is CC(=O)O.CC(=O)O.CC(=O)O.CC(=O)O.CC(=O)O.CC(=O)O.CC(=O)O.O=C(O)C(CO)CO. The molecule has 10 N–H and O–H groups in total. The second kappa shape index (κ2) is 44.4. The molecular weight excluding hydrogens is 504 g/mol. The first-order valence-corrected chi connectivity index (χ1v) is 8.66.